The van der Waals surface area contributed by atoms with Crippen LogP contribution in [-0.2, 0) is 12.3 Å². The van der Waals surface area contributed by atoms with E-state index in [2.05, 4.69) is 5.32 Å². The van der Waals surface area contributed by atoms with Gasteiger partial charge in [-0.1, -0.05) is 11.8 Å². The average Bonchev–Trinajstić information content (AvgIpc) is 3.04. The molecule has 2 heterocycles. The summed E-state index contributed by atoms with van der Waals surface area (Å²) in [6, 6.07) is 7.32. The van der Waals surface area contributed by atoms with Gasteiger partial charge >= 0.3 is 0 Å². The molecule has 6 heteroatoms. The van der Waals surface area contributed by atoms with Gasteiger partial charge in [-0.25, -0.2) is 0 Å². The Kier molecular flexibility index (Phi) is 5.04. The van der Waals surface area contributed by atoms with Gasteiger partial charge in [0.25, 0.3) is 5.76 Å². The molecule has 0 saturated heterocycles. The van der Waals surface area contributed by atoms with Crippen molar-refractivity contribution in [2.24, 2.45) is 0 Å². The predicted octanol–water partition coefficient (Wildman–Crippen LogP) is 4.18. The number of halogens is 2. The van der Waals surface area contributed by atoms with E-state index in [-0.39, 0.29) is 11.8 Å². The van der Waals surface area contributed by atoms with E-state index < -0.39 is 5.76 Å². The Morgan fingerprint density at radius 2 is 2.05 bits per heavy atom. The number of hydrogen-bond donors (Lipinski definition) is 1. The molecule has 1 N–H and O–H groups in total. The van der Waals surface area contributed by atoms with Crippen LogP contribution in [0.2, 0.25) is 0 Å². The minimum absolute atomic E-state index is 0.0685. The Bertz CT molecular complexity index is 485. The number of alkyl halides is 2. The molecule has 0 aromatic carbocycles. The summed E-state index contributed by atoms with van der Waals surface area (Å²) in [5.41, 5.74) is 0. The van der Waals surface area contributed by atoms with Crippen molar-refractivity contribution in [3.63, 3.8) is 0 Å². The lowest BCUT2D eigenvalue weighted by atomic mass is 10.2. The van der Waals surface area contributed by atoms with Crippen molar-refractivity contribution in [1.82, 2.24) is 5.32 Å². The molecule has 2 rings (SSSR count). The van der Waals surface area contributed by atoms with Gasteiger partial charge < -0.3 is 14.2 Å². The fourth-order valence-electron chi connectivity index (χ4n) is 1.63. The van der Waals surface area contributed by atoms with E-state index in [1.54, 1.807) is 18.4 Å². The minimum Gasteiger partial charge on any atom is -0.468 e. The number of nitrogens with one attached hydrogen (secondary N) is 1. The summed E-state index contributed by atoms with van der Waals surface area (Å²) < 4.78 is 34.8. The van der Waals surface area contributed by atoms with Crippen LogP contribution in [0.25, 0.3) is 0 Å². The Labute approximate surface area is 114 Å². The summed E-state index contributed by atoms with van der Waals surface area (Å²) in [6.45, 7) is 2.51. The lowest BCUT2D eigenvalue weighted by molar-refractivity contribution is 0.251. The van der Waals surface area contributed by atoms with Crippen molar-refractivity contribution in [2.45, 2.75) is 31.0 Å². The zero-order valence-electron chi connectivity index (χ0n) is 10.4. The van der Waals surface area contributed by atoms with E-state index in [9.17, 15) is 8.78 Å². The summed E-state index contributed by atoms with van der Waals surface area (Å²) in [5.74, 6) is -0.0486. The van der Waals surface area contributed by atoms with Crippen molar-refractivity contribution in [2.75, 3.05) is 0 Å². The highest BCUT2D eigenvalue weighted by molar-refractivity contribution is 7.98. The standard InChI is InChI=1S/C13H15F2NO2S/c1-9(12-3-2-6-17-12)16-7-10-4-5-11(18-10)8-19-13(14)15/h2-6,9,13,16H,7-8H2,1H3. The van der Waals surface area contributed by atoms with Crippen molar-refractivity contribution >= 4 is 11.8 Å². The van der Waals surface area contributed by atoms with Crippen LogP contribution in [0, 0.1) is 0 Å². The highest BCUT2D eigenvalue weighted by Crippen LogP contribution is 2.21. The molecule has 104 valence electrons. The SMILES string of the molecule is CC(NCc1ccc(CSC(F)F)o1)c1ccco1. The van der Waals surface area contributed by atoms with E-state index in [0.29, 0.717) is 24.1 Å². The molecule has 1 atom stereocenters. The smallest absolute Gasteiger partial charge is 0.284 e. The number of thioether (sulfide) groups is 1. The van der Waals surface area contributed by atoms with E-state index in [1.165, 1.54) is 0 Å². The molecule has 0 aliphatic heterocycles. The second kappa shape index (κ2) is 6.77. The van der Waals surface area contributed by atoms with Crippen LogP contribution in [0.5, 0.6) is 0 Å². The first-order valence-electron chi connectivity index (χ1n) is 5.89. The molecule has 0 radical (unpaired) electrons. The van der Waals surface area contributed by atoms with Gasteiger partial charge in [0.2, 0.25) is 0 Å². The molecule has 3 nitrogen and oxygen atoms in total. The highest BCUT2D eigenvalue weighted by Gasteiger charge is 2.10. The van der Waals surface area contributed by atoms with Gasteiger partial charge in [0.15, 0.2) is 0 Å². The monoisotopic (exact) mass is 287 g/mol. The Morgan fingerprint density at radius 3 is 2.74 bits per heavy atom. The minimum atomic E-state index is -2.37. The third-order valence-corrected chi connectivity index (χ3v) is 3.32. The molecule has 0 bridgehead atoms. The molecule has 0 amide bonds. The molecule has 0 aliphatic carbocycles. The van der Waals surface area contributed by atoms with Crippen LogP contribution in [0.1, 0.15) is 30.2 Å². The van der Waals surface area contributed by atoms with Crippen LogP contribution < -0.4 is 5.32 Å². The Hall–Kier alpha value is -1.27. The normalized spacial score (nSPS) is 13.1. The largest absolute Gasteiger partial charge is 0.468 e. The molecule has 0 spiro atoms. The maximum Gasteiger partial charge on any atom is 0.284 e. The van der Waals surface area contributed by atoms with E-state index in [4.69, 9.17) is 8.83 Å². The molecule has 19 heavy (non-hydrogen) atoms. The second-order valence-corrected chi connectivity index (χ2v) is 5.04. The molecule has 0 saturated carbocycles. The maximum atomic E-state index is 12.0. The fourth-order valence-corrected chi connectivity index (χ4v) is 2.08. The quantitative estimate of drug-likeness (QED) is 0.829. The van der Waals surface area contributed by atoms with Gasteiger partial charge in [-0.3, -0.25) is 0 Å². The lowest BCUT2D eigenvalue weighted by Gasteiger charge is -2.09. The summed E-state index contributed by atoms with van der Waals surface area (Å²) in [5, 5.41) is 3.24. The molecular formula is C13H15F2NO2S. The number of hydrogen-bond acceptors (Lipinski definition) is 4. The lowest BCUT2D eigenvalue weighted by Crippen LogP contribution is -2.17. The van der Waals surface area contributed by atoms with Crippen LogP contribution >= 0.6 is 11.8 Å². The van der Waals surface area contributed by atoms with Crippen molar-refractivity contribution in [1.29, 1.82) is 0 Å². The van der Waals surface area contributed by atoms with Gasteiger partial charge in [-0.05, 0) is 31.2 Å². The fraction of sp³-hybridized carbons (Fsp3) is 0.385. The van der Waals surface area contributed by atoms with Gasteiger partial charge in [-0.2, -0.15) is 8.78 Å². The molecule has 0 fully saturated rings. The van der Waals surface area contributed by atoms with Gasteiger partial charge in [0.1, 0.15) is 17.3 Å². The Balaban J connectivity index is 1.80. The summed E-state index contributed by atoms with van der Waals surface area (Å²) in [7, 11) is 0. The third kappa shape index (κ3) is 4.40. The highest BCUT2D eigenvalue weighted by atomic mass is 32.2. The number of furan rings is 2. The number of rotatable bonds is 7. The van der Waals surface area contributed by atoms with Crippen molar-refractivity contribution in [3.8, 4) is 0 Å². The summed E-state index contributed by atoms with van der Waals surface area (Å²) in [6.07, 6.45) is 1.63. The van der Waals surface area contributed by atoms with Gasteiger partial charge in [0, 0.05) is 0 Å². The molecule has 2 aromatic heterocycles. The maximum absolute atomic E-state index is 12.0. The predicted molar refractivity (Wildman–Crippen MR) is 70.0 cm³/mol. The van der Waals surface area contributed by atoms with Crippen LogP contribution in [0.15, 0.2) is 39.4 Å². The zero-order valence-corrected chi connectivity index (χ0v) is 11.3. The van der Waals surface area contributed by atoms with Crippen LogP contribution in [0.3, 0.4) is 0 Å². The average molecular weight is 287 g/mol. The van der Waals surface area contributed by atoms with Crippen LogP contribution in [-0.4, -0.2) is 5.76 Å². The first kappa shape index (κ1) is 14.1. The molecule has 2 aromatic rings. The molecular weight excluding hydrogens is 272 g/mol. The van der Waals surface area contributed by atoms with Crippen molar-refractivity contribution in [3.05, 3.63) is 47.8 Å². The Morgan fingerprint density at radius 1 is 1.26 bits per heavy atom. The van der Waals surface area contributed by atoms with Gasteiger partial charge in [-0.15, -0.1) is 0 Å². The molecule has 1 unspecified atom stereocenters. The topological polar surface area (TPSA) is 38.3 Å². The first-order chi connectivity index (χ1) is 9.15. The zero-order chi connectivity index (χ0) is 13.7. The first-order valence-corrected chi connectivity index (χ1v) is 6.94. The second-order valence-electron chi connectivity index (χ2n) is 4.06. The third-order valence-electron chi connectivity index (χ3n) is 2.62. The van der Waals surface area contributed by atoms with Gasteiger partial charge in [0.05, 0.1) is 24.6 Å². The molecule has 0 aliphatic rings. The van der Waals surface area contributed by atoms with E-state index in [1.807, 2.05) is 19.1 Å². The van der Waals surface area contributed by atoms with E-state index in [0.717, 1.165) is 11.5 Å². The van der Waals surface area contributed by atoms with Crippen LogP contribution in [0.4, 0.5) is 8.78 Å². The van der Waals surface area contributed by atoms with Crippen molar-refractivity contribution < 1.29 is 17.6 Å². The summed E-state index contributed by atoms with van der Waals surface area (Å²) >= 11 is 0.558. The summed E-state index contributed by atoms with van der Waals surface area (Å²) in [4.78, 5) is 0. The van der Waals surface area contributed by atoms with E-state index >= 15 is 0 Å².